The van der Waals surface area contributed by atoms with E-state index in [0.29, 0.717) is 5.41 Å². The van der Waals surface area contributed by atoms with Crippen LogP contribution in [0, 0.1) is 5.41 Å². The lowest BCUT2D eigenvalue weighted by molar-refractivity contribution is 0.198. The fourth-order valence-electron chi connectivity index (χ4n) is 3.76. The van der Waals surface area contributed by atoms with Crippen LogP contribution < -0.4 is 0 Å². The third kappa shape index (κ3) is 3.26. The van der Waals surface area contributed by atoms with E-state index in [-0.39, 0.29) is 0 Å². The predicted molar refractivity (Wildman–Crippen MR) is 88.6 cm³/mol. The van der Waals surface area contributed by atoms with Crippen molar-refractivity contribution >= 4 is 0 Å². The number of hydrogen-bond donors (Lipinski definition) is 0. The summed E-state index contributed by atoms with van der Waals surface area (Å²) in [5, 5.41) is 0. The van der Waals surface area contributed by atoms with Gasteiger partial charge in [-0.05, 0) is 56.3 Å². The maximum Gasteiger partial charge on any atom is 0.0366 e. The molecule has 1 heterocycles. The van der Waals surface area contributed by atoms with Gasteiger partial charge in [0.25, 0.3) is 0 Å². The van der Waals surface area contributed by atoms with Gasteiger partial charge in [-0.15, -0.1) is 0 Å². The summed E-state index contributed by atoms with van der Waals surface area (Å²) in [4.78, 5) is 2.53. The first-order valence-corrected chi connectivity index (χ1v) is 8.01. The molecule has 0 atom stereocenters. The first-order valence-electron chi connectivity index (χ1n) is 8.01. The molecule has 0 aromatic carbocycles. The van der Waals surface area contributed by atoms with Crippen LogP contribution in [-0.2, 0) is 0 Å². The van der Waals surface area contributed by atoms with Crippen molar-refractivity contribution < 1.29 is 0 Å². The van der Waals surface area contributed by atoms with E-state index in [0.717, 1.165) is 5.57 Å². The van der Waals surface area contributed by atoms with Gasteiger partial charge >= 0.3 is 0 Å². The van der Waals surface area contributed by atoms with Gasteiger partial charge in [0.2, 0.25) is 0 Å². The molecule has 0 N–H and O–H groups in total. The Kier molecular flexibility index (Phi) is 4.91. The third-order valence-electron chi connectivity index (χ3n) is 5.03. The Morgan fingerprint density at radius 2 is 1.85 bits per heavy atom. The van der Waals surface area contributed by atoms with Crippen LogP contribution in [0.25, 0.3) is 0 Å². The molecule has 1 nitrogen and oxygen atoms in total. The third-order valence-corrected chi connectivity index (χ3v) is 5.03. The predicted octanol–water partition coefficient (Wildman–Crippen LogP) is 5.23. The topological polar surface area (TPSA) is 3.24 Å². The molecule has 2 fully saturated rings. The molecule has 110 valence electrons. The molecule has 1 saturated heterocycles. The molecule has 1 spiro atoms. The van der Waals surface area contributed by atoms with Crippen LogP contribution in [-0.4, -0.2) is 18.0 Å². The minimum absolute atomic E-state index is 0.597. The molecule has 0 aromatic rings. The van der Waals surface area contributed by atoms with Gasteiger partial charge in [0.1, 0.15) is 0 Å². The summed E-state index contributed by atoms with van der Waals surface area (Å²) in [6.07, 6.45) is 14.9. The van der Waals surface area contributed by atoms with E-state index in [1.807, 2.05) is 6.08 Å². The SMILES string of the molecule is C=C/C(=C\C(=C/C)C(=C)C)N1CCC2(CCCCC2)C1. The Labute approximate surface area is 124 Å². The average Bonchev–Trinajstić information content (AvgIpc) is 2.84. The van der Waals surface area contributed by atoms with Crippen LogP contribution in [0.15, 0.2) is 48.2 Å². The van der Waals surface area contributed by atoms with Crippen LogP contribution in [0.1, 0.15) is 52.4 Å². The van der Waals surface area contributed by atoms with Crippen LogP contribution in [0.5, 0.6) is 0 Å². The molecule has 1 aliphatic heterocycles. The zero-order valence-electron chi connectivity index (χ0n) is 13.3. The highest BCUT2D eigenvalue weighted by atomic mass is 15.2. The molecule has 20 heavy (non-hydrogen) atoms. The van der Waals surface area contributed by atoms with Crippen LogP contribution >= 0.6 is 0 Å². The monoisotopic (exact) mass is 271 g/mol. The zero-order chi connectivity index (χ0) is 14.6. The van der Waals surface area contributed by atoms with Gasteiger partial charge < -0.3 is 4.90 Å². The van der Waals surface area contributed by atoms with E-state index in [4.69, 9.17) is 0 Å². The molecule has 1 aliphatic carbocycles. The fraction of sp³-hybridized carbons (Fsp3) is 0.579. The molecule has 0 aromatic heterocycles. The molecule has 0 radical (unpaired) electrons. The Bertz CT molecular complexity index is 433. The van der Waals surface area contributed by atoms with E-state index in [2.05, 4.69) is 44.1 Å². The highest BCUT2D eigenvalue weighted by Crippen LogP contribution is 2.44. The van der Waals surface area contributed by atoms with E-state index in [1.54, 1.807) is 0 Å². The quantitative estimate of drug-likeness (QED) is 0.632. The molecule has 1 saturated carbocycles. The Hall–Kier alpha value is -1.24. The largest absolute Gasteiger partial charge is 0.371 e. The van der Waals surface area contributed by atoms with Crippen molar-refractivity contribution in [3.63, 3.8) is 0 Å². The van der Waals surface area contributed by atoms with Crippen molar-refractivity contribution in [1.29, 1.82) is 0 Å². The second-order valence-electron chi connectivity index (χ2n) is 6.53. The Balaban J connectivity index is 2.12. The van der Waals surface area contributed by atoms with Crippen molar-refractivity contribution in [2.75, 3.05) is 13.1 Å². The second-order valence-corrected chi connectivity index (χ2v) is 6.53. The molecule has 1 heteroatoms. The average molecular weight is 271 g/mol. The zero-order valence-corrected chi connectivity index (χ0v) is 13.3. The molecular weight excluding hydrogens is 242 g/mol. The smallest absolute Gasteiger partial charge is 0.0366 e. The highest BCUT2D eigenvalue weighted by molar-refractivity contribution is 5.40. The molecule has 0 unspecified atom stereocenters. The fourth-order valence-corrected chi connectivity index (χ4v) is 3.76. The van der Waals surface area contributed by atoms with Gasteiger partial charge in [-0.3, -0.25) is 0 Å². The van der Waals surface area contributed by atoms with Gasteiger partial charge in [-0.1, -0.05) is 44.1 Å². The minimum atomic E-state index is 0.597. The van der Waals surface area contributed by atoms with E-state index >= 15 is 0 Å². The number of nitrogens with zero attached hydrogens (tertiary/aromatic N) is 1. The first kappa shape index (κ1) is 15.2. The summed E-state index contributed by atoms with van der Waals surface area (Å²) < 4.78 is 0. The summed E-state index contributed by atoms with van der Waals surface area (Å²) >= 11 is 0. The first-order chi connectivity index (χ1) is 9.60. The summed E-state index contributed by atoms with van der Waals surface area (Å²) in [5.74, 6) is 0. The Morgan fingerprint density at radius 3 is 2.40 bits per heavy atom. The molecule has 0 amide bonds. The normalized spacial score (nSPS) is 23.2. The van der Waals surface area contributed by atoms with Crippen molar-refractivity contribution in [1.82, 2.24) is 4.90 Å². The lowest BCUT2D eigenvalue weighted by Gasteiger charge is -2.33. The van der Waals surface area contributed by atoms with Gasteiger partial charge in [0.15, 0.2) is 0 Å². The summed E-state index contributed by atoms with van der Waals surface area (Å²) in [6, 6.07) is 0. The molecule has 2 aliphatic rings. The van der Waals surface area contributed by atoms with Crippen LogP contribution in [0.2, 0.25) is 0 Å². The minimum Gasteiger partial charge on any atom is -0.371 e. The number of hydrogen-bond acceptors (Lipinski definition) is 1. The highest BCUT2D eigenvalue weighted by Gasteiger charge is 2.38. The van der Waals surface area contributed by atoms with Gasteiger partial charge in [-0.2, -0.15) is 0 Å². The van der Waals surface area contributed by atoms with E-state index in [1.165, 1.54) is 62.9 Å². The van der Waals surface area contributed by atoms with Gasteiger partial charge in [-0.25, -0.2) is 0 Å². The lowest BCUT2D eigenvalue weighted by atomic mass is 9.73. The van der Waals surface area contributed by atoms with Crippen molar-refractivity contribution in [2.24, 2.45) is 5.41 Å². The molecule has 0 bridgehead atoms. The standard InChI is InChI=1S/C19H29N/c1-5-17(16(3)4)14-18(6-2)20-13-12-19(15-20)10-8-7-9-11-19/h5-6,14H,2-3,7-13,15H2,1,4H3/b17-5+,18-14+. The maximum absolute atomic E-state index is 4.06. The molecule has 2 rings (SSSR count). The van der Waals surface area contributed by atoms with Gasteiger partial charge in [0, 0.05) is 18.8 Å². The Morgan fingerprint density at radius 1 is 1.15 bits per heavy atom. The van der Waals surface area contributed by atoms with E-state index < -0.39 is 0 Å². The maximum atomic E-state index is 4.06. The lowest BCUT2D eigenvalue weighted by Crippen LogP contribution is -2.28. The van der Waals surface area contributed by atoms with Gasteiger partial charge in [0.05, 0.1) is 0 Å². The van der Waals surface area contributed by atoms with Crippen molar-refractivity contribution in [3.8, 4) is 0 Å². The molecular formula is C19H29N. The summed E-state index contributed by atoms with van der Waals surface area (Å²) in [6.45, 7) is 14.6. The van der Waals surface area contributed by atoms with Crippen LogP contribution in [0.3, 0.4) is 0 Å². The number of likely N-dealkylation sites (tertiary alicyclic amines) is 1. The van der Waals surface area contributed by atoms with Crippen molar-refractivity contribution in [3.05, 3.63) is 48.2 Å². The summed E-state index contributed by atoms with van der Waals surface area (Å²) in [5.41, 5.74) is 4.21. The van der Waals surface area contributed by atoms with Crippen LogP contribution in [0.4, 0.5) is 0 Å². The van der Waals surface area contributed by atoms with Crippen molar-refractivity contribution in [2.45, 2.75) is 52.4 Å². The van der Waals surface area contributed by atoms with E-state index in [9.17, 15) is 0 Å². The number of rotatable bonds is 4. The second kappa shape index (κ2) is 6.47. The summed E-state index contributed by atoms with van der Waals surface area (Å²) in [7, 11) is 0. The number of allylic oxidation sites excluding steroid dienone is 5.